The maximum Gasteiger partial charge on any atom is 0.466 e. The number of aliphatic hydroxyl groups is 1. The van der Waals surface area contributed by atoms with Gasteiger partial charge in [0.1, 0.15) is 6.10 Å². The van der Waals surface area contributed by atoms with Crippen molar-refractivity contribution < 1.29 is 67.6 Å². The summed E-state index contributed by atoms with van der Waals surface area (Å²) >= 11 is 0. The number of rotatable bonds is 2. The molecule has 0 spiro atoms. The smallest absolute Gasteiger partial charge is 0.393 e. The first kappa shape index (κ1) is 31.9. The first-order valence-electron chi connectivity index (χ1n) is 7.23. The minimum atomic E-state index is -4.64. The molecule has 0 aromatic carbocycles. The molecule has 31 heavy (non-hydrogen) atoms. The second-order valence-corrected chi connectivity index (χ2v) is 8.23. The molecule has 0 saturated heterocycles. The van der Waals surface area contributed by atoms with E-state index in [1.54, 1.807) is 19.1 Å². The second-order valence-electron chi connectivity index (χ2n) is 5.15. The van der Waals surface area contributed by atoms with Gasteiger partial charge in [-0.25, -0.2) is 18.5 Å². The van der Waals surface area contributed by atoms with E-state index in [0.717, 1.165) is 0 Å². The predicted molar refractivity (Wildman–Crippen MR) is 99.0 cm³/mol. The van der Waals surface area contributed by atoms with Crippen LogP contribution in [0.1, 0.15) is 11.8 Å². The Morgan fingerprint density at radius 1 is 0.903 bits per heavy atom. The molecule has 0 fully saturated rings. The summed E-state index contributed by atoms with van der Waals surface area (Å²) in [6, 6.07) is 0. The van der Waals surface area contributed by atoms with Crippen LogP contribution in [0.4, 0.5) is 0 Å². The van der Waals surface area contributed by atoms with E-state index in [1.807, 2.05) is 0 Å². The van der Waals surface area contributed by atoms with E-state index >= 15 is 0 Å². The van der Waals surface area contributed by atoms with Crippen LogP contribution in [0.3, 0.4) is 0 Å². The fourth-order valence-corrected chi connectivity index (χ4v) is 1.53. The summed E-state index contributed by atoms with van der Waals surface area (Å²) in [5, 5.41) is 8.88. The predicted octanol–water partition coefficient (Wildman–Crippen LogP) is -3.49. The Bertz CT molecular complexity index is 894. The van der Waals surface area contributed by atoms with Gasteiger partial charge in [-0.1, -0.05) is 6.08 Å². The van der Waals surface area contributed by atoms with Crippen LogP contribution in [-0.2, 0) is 18.4 Å². The molecule has 0 amide bonds. The lowest BCUT2D eigenvalue weighted by molar-refractivity contribution is -0.0104. The van der Waals surface area contributed by atoms with Gasteiger partial charge in [-0.3, -0.25) is 14.3 Å². The Kier molecular flexibility index (Phi) is 13.6. The molecule has 2 rings (SSSR count). The van der Waals surface area contributed by atoms with Crippen molar-refractivity contribution in [2.75, 3.05) is 6.61 Å². The van der Waals surface area contributed by atoms with Crippen molar-refractivity contribution in [2.45, 2.75) is 19.3 Å². The van der Waals surface area contributed by atoms with Crippen molar-refractivity contribution in [3.63, 3.8) is 0 Å². The lowest BCUT2D eigenvalue weighted by Gasteiger charge is -2.14. The number of nitrogens with zero attached hydrogens (tertiary/aromatic N) is 1. The Labute approximate surface area is 172 Å². The van der Waals surface area contributed by atoms with E-state index < -0.39 is 47.0 Å². The molecule has 0 unspecified atom stereocenters. The third-order valence-electron chi connectivity index (χ3n) is 2.40. The van der Waals surface area contributed by atoms with Gasteiger partial charge in [0.05, 0.1) is 6.61 Å². The number of H-pyrrole nitrogens is 1. The zero-order valence-electron chi connectivity index (χ0n) is 15.3. The highest BCUT2D eigenvalue weighted by Gasteiger charge is 2.21. The first-order valence-corrected chi connectivity index (χ1v) is 11.9. The Balaban J connectivity index is 0. The zero-order valence-corrected chi connectivity index (χ0v) is 18.0. The summed E-state index contributed by atoms with van der Waals surface area (Å²) in [6.07, 6.45) is 3.82. The Morgan fingerprint density at radius 2 is 1.29 bits per heavy atom. The molecule has 2 heterocycles. The molecular formula is C10H21N2O16P3. The van der Waals surface area contributed by atoms with E-state index in [9.17, 15) is 9.59 Å². The van der Waals surface area contributed by atoms with Crippen molar-refractivity contribution in [1.82, 2.24) is 9.55 Å². The molecule has 0 bridgehead atoms. The van der Waals surface area contributed by atoms with Crippen LogP contribution >= 0.6 is 23.5 Å². The number of aliphatic hydroxyl groups excluding tert-OH is 1. The average molecular weight is 518 g/mol. The lowest BCUT2D eigenvalue weighted by atomic mass is 10.3. The summed E-state index contributed by atoms with van der Waals surface area (Å²) in [6.45, 7) is 1.47. The standard InChI is InChI=1S/C10H12N2O4.3H3O4P/c1-6-4-12(10(15)11-9(6)14)8-3-2-7(5-13)16-8;3*1-5(2,3)4/h2-4,7-8,13H,5H2,1H3,(H,11,14,15);3*(H3,1,2,3,4)/t7-,8+;;;/m0.../s1. The molecule has 0 radical (unpaired) electrons. The number of hydrogen-bond donors (Lipinski definition) is 11. The van der Waals surface area contributed by atoms with Crippen molar-refractivity contribution in [3.05, 3.63) is 44.8 Å². The van der Waals surface area contributed by atoms with Crippen LogP contribution in [-0.4, -0.2) is 71.4 Å². The van der Waals surface area contributed by atoms with Gasteiger partial charge in [0.25, 0.3) is 5.56 Å². The summed E-state index contributed by atoms with van der Waals surface area (Å²) < 4.78 is 33.3. The van der Waals surface area contributed by atoms with Crippen LogP contribution in [0.15, 0.2) is 27.9 Å². The van der Waals surface area contributed by atoms with E-state index in [2.05, 4.69) is 4.98 Å². The topological polar surface area (TPSA) is 318 Å². The number of phosphoric acid groups is 3. The summed E-state index contributed by atoms with van der Waals surface area (Å²) in [5.41, 5.74) is -0.491. The SMILES string of the molecule is Cc1cn([C@H]2C=C[C@@H](CO)O2)c(=O)[nH]c1=O.O=P(O)(O)O.O=P(O)(O)O.O=P(O)(O)O. The van der Waals surface area contributed by atoms with Crippen molar-refractivity contribution in [3.8, 4) is 0 Å². The highest BCUT2D eigenvalue weighted by Crippen LogP contribution is 2.26. The zero-order chi connectivity index (χ0) is 25.2. The van der Waals surface area contributed by atoms with Gasteiger partial charge in [0, 0.05) is 11.8 Å². The van der Waals surface area contributed by atoms with E-state index in [-0.39, 0.29) is 6.61 Å². The van der Waals surface area contributed by atoms with Gasteiger partial charge < -0.3 is 53.9 Å². The third-order valence-corrected chi connectivity index (χ3v) is 2.40. The average Bonchev–Trinajstić information content (AvgIpc) is 2.94. The largest absolute Gasteiger partial charge is 0.466 e. The molecule has 11 N–H and O–H groups in total. The molecule has 1 aliphatic rings. The van der Waals surface area contributed by atoms with Crippen LogP contribution in [0.25, 0.3) is 0 Å². The lowest BCUT2D eigenvalue weighted by Crippen LogP contribution is -2.33. The van der Waals surface area contributed by atoms with Crippen molar-refractivity contribution in [1.29, 1.82) is 0 Å². The van der Waals surface area contributed by atoms with Gasteiger partial charge in [-0.2, -0.15) is 0 Å². The van der Waals surface area contributed by atoms with Crippen LogP contribution in [0, 0.1) is 6.92 Å². The number of aryl methyl sites for hydroxylation is 1. The number of aromatic nitrogens is 2. The minimum Gasteiger partial charge on any atom is -0.393 e. The highest BCUT2D eigenvalue weighted by atomic mass is 31.2. The molecule has 21 heteroatoms. The second kappa shape index (κ2) is 13.3. The van der Waals surface area contributed by atoms with Gasteiger partial charge >= 0.3 is 29.2 Å². The number of hydrogen-bond acceptors (Lipinski definition) is 7. The Morgan fingerprint density at radius 3 is 1.61 bits per heavy atom. The van der Waals surface area contributed by atoms with Gasteiger partial charge in [-0.05, 0) is 13.0 Å². The van der Waals surface area contributed by atoms with Crippen LogP contribution in [0.5, 0.6) is 0 Å². The molecular weight excluding hydrogens is 497 g/mol. The fourth-order valence-electron chi connectivity index (χ4n) is 1.53. The first-order chi connectivity index (χ1) is 13.6. The quantitative estimate of drug-likeness (QED) is 0.134. The van der Waals surface area contributed by atoms with Gasteiger partial charge in [-0.15, -0.1) is 0 Å². The molecule has 2 atom stereocenters. The Hall–Kier alpha value is -1.33. The summed E-state index contributed by atoms with van der Waals surface area (Å²) in [4.78, 5) is 89.5. The number of aromatic amines is 1. The summed E-state index contributed by atoms with van der Waals surface area (Å²) in [5.74, 6) is 0. The molecule has 0 saturated carbocycles. The number of ether oxygens (including phenoxy) is 1. The van der Waals surface area contributed by atoms with Crippen LogP contribution in [0.2, 0.25) is 0 Å². The number of nitrogens with one attached hydrogen (secondary N) is 1. The molecule has 0 aliphatic carbocycles. The summed E-state index contributed by atoms with van der Waals surface area (Å²) in [7, 11) is -13.9. The third kappa shape index (κ3) is 23.2. The fraction of sp³-hybridized carbons (Fsp3) is 0.400. The van der Waals surface area contributed by atoms with E-state index in [4.69, 9.17) is 67.6 Å². The van der Waals surface area contributed by atoms with Crippen LogP contribution < -0.4 is 11.2 Å². The minimum absolute atomic E-state index is 0.135. The highest BCUT2D eigenvalue weighted by molar-refractivity contribution is 7.45. The molecule has 18 nitrogen and oxygen atoms in total. The maximum atomic E-state index is 11.5. The van der Waals surface area contributed by atoms with Gasteiger partial charge in [0.2, 0.25) is 0 Å². The molecule has 182 valence electrons. The van der Waals surface area contributed by atoms with E-state index in [0.29, 0.717) is 5.56 Å². The molecule has 1 aromatic rings. The van der Waals surface area contributed by atoms with Crippen molar-refractivity contribution >= 4 is 23.5 Å². The van der Waals surface area contributed by atoms with E-state index in [1.165, 1.54) is 10.8 Å². The monoisotopic (exact) mass is 518 g/mol. The van der Waals surface area contributed by atoms with Crippen molar-refractivity contribution in [2.24, 2.45) is 0 Å². The molecule has 1 aliphatic heterocycles. The molecule has 1 aromatic heterocycles. The maximum absolute atomic E-state index is 11.5. The normalized spacial score (nSPS) is 18.0. The van der Waals surface area contributed by atoms with Gasteiger partial charge in [0.15, 0.2) is 6.23 Å².